The van der Waals surface area contributed by atoms with Crippen molar-refractivity contribution in [1.29, 1.82) is 0 Å². The molecule has 2 aromatic rings. The van der Waals surface area contributed by atoms with E-state index in [9.17, 15) is 5.11 Å². The van der Waals surface area contributed by atoms with Crippen LogP contribution < -0.4 is 5.32 Å². The van der Waals surface area contributed by atoms with Gasteiger partial charge in [0, 0.05) is 11.7 Å². The first kappa shape index (κ1) is 13.5. The molecule has 1 unspecified atom stereocenters. The molecule has 1 atom stereocenters. The lowest BCUT2D eigenvalue weighted by atomic mass is 10.0. The summed E-state index contributed by atoms with van der Waals surface area (Å²) in [7, 11) is 0. The first-order chi connectivity index (χ1) is 8.97. The van der Waals surface area contributed by atoms with E-state index in [2.05, 4.69) is 44.3 Å². The first-order valence-electron chi connectivity index (χ1n) is 6.60. The van der Waals surface area contributed by atoms with E-state index in [-0.39, 0.29) is 6.04 Å². The number of hydrogen-bond acceptors (Lipinski definition) is 2. The van der Waals surface area contributed by atoms with Crippen LogP contribution in [0.15, 0.2) is 36.4 Å². The van der Waals surface area contributed by atoms with Crippen molar-refractivity contribution in [3.05, 3.63) is 58.7 Å². The molecule has 0 fully saturated rings. The highest BCUT2D eigenvalue weighted by atomic mass is 16.3. The summed E-state index contributed by atoms with van der Waals surface area (Å²) < 4.78 is 0. The minimum Gasteiger partial charge on any atom is -0.508 e. The smallest absolute Gasteiger partial charge is 0.118 e. The van der Waals surface area contributed by atoms with Crippen molar-refractivity contribution in [2.75, 3.05) is 5.32 Å². The molecule has 2 nitrogen and oxygen atoms in total. The van der Waals surface area contributed by atoms with Gasteiger partial charge < -0.3 is 10.4 Å². The summed E-state index contributed by atoms with van der Waals surface area (Å²) in [5.74, 6) is 0.337. The van der Waals surface area contributed by atoms with Gasteiger partial charge in [-0.05, 0) is 68.1 Å². The fraction of sp³-hybridized carbons (Fsp3) is 0.294. The highest BCUT2D eigenvalue weighted by Crippen LogP contribution is 2.25. The molecule has 0 saturated heterocycles. The molecular weight excluding hydrogens is 234 g/mol. The van der Waals surface area contributed by atoms with Gasteiger partial charge in [-0.3, -0.25) is 0 Å². The lowest BCUT2D eigenvalue weighted by Crippen LogP contribution is -2.07. The Balaban J connectivity index is 2.17. The molecule has 100 valence electrons. The molecule has 0 bridgehead atoms. The number of anilines is 1. The third-order valence-electron chi connectivity index (χ3n) is 3.61. The monoisotopic (exact) mass is 255 g/mol. The number of aryl methyl sites for hydroxylation is 3. The number of hydrogen-bond donors (Lipinski definition) is 2. The minimum absolute atomic E-state index is 0.239. The second-order valence-corrected chi connectivity index (χ2v) is 5.21. The van der Waals surface area contributed by atoms with Crippen LogP contribution >= 0.6 is 0 Å². The van der Waals surface area contributed by atoms with Crippen molar-refractivity contribution >= 4 is 5.69 Å². The molecule has 2 N–H and O–H groups in total. The van der Waals surface area contributed by atoms with Crippen molar-refractivity contribution in [2.24, 2.45) is 0 Å². The fourth-order valence-corrected chi connectivity index (χ4v) is 2.11. The molecule has 0 aliphatic carbocycles. The molecule has 0 aliphatic rings. The van der Waals surface area contributed by atoms with E-state index in [4.69, 9.17) is 0 Å². The fourth-order valence-electron chi connectivity index (χ4n) is 2.11. The molecule has 0 saturated carbocycles. The van der Waals surface area contributed by atoms with Gasteiger partial charge in [0.05, 0.1) is 0 Å². The van der Waals surface area contributed by atoms with E-state index in [1.807, 2.05) is 19.1 Å². The summed E-state index contributed by atoms with van der Waals surface area (Å²) in [5.41, 5.74) is 5.82. The third-order valence-corrected chi connectivity index (χ3v) is 3.61. The molecule has 0 aliphatic heterocycles. The Kier molecular flexibility index (Phi) is 3.79. The van der Waals surface area contributed by atoms with E-state index < -0.39 is 0 Å². The largest absolute Gasteiger partial charge is 0.508 e. The van der Waals surface area contributed by atoms with Crippen LogP contribution in [0.5, 0.6) is 5.75 Å². The van der Waals surface area contributed by atoms with Gasteiger partial charge in [0.2, 0.25) is 0 Å². The number of phenolic OH excluding ortho intramolecular Hbond substituents is 1. The van der Waals surface area contributed by atoms with Gasteiger partial charge in [-0.15, -0.1) is 0 Å². The van der Waals surface area contributed by atoms with Crippen LogP contribution in [0.1, 0.15) is 35.2 Å². The first-order valence-corrected chi connectivity index (χ1v) is 6.60. The van der Waals surface area contributed by atoms with E-state index in [0.29, 0.717) is 5.75 Å². The van der Waals surface area contributed by atoms with Gasteiger partial charge in [0.25, 0.3) is 0 Å². The molecule has 0 aromatic heterocycles. The summed E-state index contributed by atoms with van der Waals surface area (Å²) in [4.78, 5) is 0. The van der Waals surface area contributed by atoms with Crippen LogP contribution in [0.4, 0.5) is 5.69 Å². The number of phenols is 1. The van der Waals surface area contributed by atoms with E-state index in [1.165, 1.54) is 16.7 Å². The standard InChI is InChI=1S/C17H21NO/c1-11-5-6-15(9-12(11)2)14(4)18-16-7-8-17(19)13(3)10-16/h5-10,14,18-19H,1-4H3. The maximum atomic E-state index is 9.53. The molecule has 0 heterocycles. The maximum absolute atomic E-state index is 9.53. The summed E-state index contributed by atoms with van der Waals surface area (Å²) in [6.45, 7) is 8.31. The van der Waals surface area contributed by atoms with Crippen LogP contribution in [-0.4, -0.2) is 5.11 Å². The Hall–Kier alpha value is -1.96. The van der Waals surface area contributed by atoms with E-state index in [1.54, 1.807) is 6.07 Å². The second-order valence-electron chi connectivity index (χ2n) is 5.21. The summed E-state index contributed by atoms with van der Waals surface area (Å²) in [6.07, 6.45) is 0. The Labute approximate surface area is 115 Å². The van der Waals surface area contributed by atoms with Gasteiger partial charge in [-0.1, -0.05) is 18.2 Å². The maximum Gasteiger partial charge on any atom is 0.118 e. The van der Waals surface area contributed by atoms with E-state index >= 15 is 0 Å². The minimum atomic E-state index is 0.239. The molecule has 19 heavy (non-hydrogen) atoms. The second kappa shape index (κ2) is 5.35. The Morgan fingerprint density at radius 2 is 1.63 bits per heavy atom. The predicted molar refractivity (Wildman–Crippen MR) is 80.8 cm³/mol. The van der Waals surface area contributed by atoms with Crippen molar-refractivity contribution in [3.8, 4) is 5.75 Å². The summed E-state index contributed by atoms with van der Waals surface area (Å²) in [5, 5.41) is 13.0. The molecule has 0 amide bonds. The zero-order valence-corrected chi connectivity index (χ0v) is 12.0. The molecular formula is C17H21NO. The zero-order valence-electron chi connectivity index (χ0n) is 12.0. The average molecular weight is 255 g/mol. The van der Waals surface area contributed by atoms with Crippen molar-refractivity contribution in [2.45, 2.75) is 33.7 Å². The van der Waals surface area contributed by atoms with Gasteiger partial charge in [-0.25, -0.2) is 0 Å². The molecule has 2 aromatic carbocycles. The summed E-state index contributed by atoms with van der Waals surface area (Å²) >= 11 is 0. The van der Waals surface area contributed by atoms with Gasteiger partial charge in [0.1, 0.15) is 5.75 Å². The highest BCUT2D eigenvalue weighted by Gasteiger charge is 2.07. The Morgan fingerprint density at radius 1 is 0.895 bits per heavy atom. The predicted octanol–water partition coefficient (Wildman–Crippen LogP) is 4.49. The zero-order chi connectivity index (χ0) is 14.0. The molecule has 0 radical (unpaired) electrons. The van der Waals surface area contributed by atoms with Crippen LogP contribution in [0.25, 0.3) is 0 Å². The quantitative estimate of drug-likeness (QED) is 0.792. The number of benzene rings is 2. The van der Waals surface area contributed by atoms with Gasteiger partial charge in [0.15, 0.2) is 0 Å². The Bertz CT molecular complexity index is 590. The highest BCUT2D eigenvalue weighted by molar-refractivity contribution is 5.51. The van der Waals surface area contributed by atoms with Crippen LogP contribution in [-0.2, 0) is 0 Å². The topological polar surface area (TPSA) is 32.3 Å². The van der Waals surface area contributed by atoms with E-state index in [0.717, 1.165) is 11.3 Å². The lowest BCUT2D eigenvalue weighted by Gasteiger charge is -2.17. The Morgan fingerprint density at radius 3 is 2.26 bits per heavy atom. The van der Waals surface area contributed by atoms with Crippen LogP contribution in [0.3, 0.4) is 0 Å². The van der Waals surface area contributed by atoms with Crippen molar-refractivity contribution in [1.82, 2.24) is 0 Å². The number of nitrogens with one attached hydrogen (secondary N) is 1. The van der Waals surface area contributed by atoms with Gasteiger partial charge in [-0.2, -0.15) is 0 Å². The average Bonchev–Trinajstić information content (AvgIpc) is 2.37. The SMILES string of the molecule is Cc1ccc(C(C)Nc2ccc(O)c(C)c2)cc1C. The number of rotatable bonds is 3. The van der Waals surface area contributed by atoms with Crippen molar-refractivity contribution < 1.29 is 5.11 Å². The lowest BCUT2D eigenvalue weighted by molar-refractivity contribution is 0.471. The van der Waals surface area contributed by atoms with Gasteiger partial charge >= 0.3 is 0 Å². The van der Waals surface area contributed by atoms with Crippen LogP contribution in [0.2, 0.25) is 0 Å². The molecule has 2 heteroatoms. The van der Waals surface area contributed by atoms with Crippen molar-refractivity contribution in [3.63, 3.8) is 0 Å². The summed E-state index contributed by atoms with van der Waals surface area (Å²) in [6, 6.07) is 12.4. The molecule has 2 rings (SSSR count). The molecule has 0 spiro atoms. The number of aromatic hydroxyl groups is 1. The third kappa shape index (κ3) is 3.08. The normalized spacial score (nSPS) is 12.2. The van der Waals surface area contributed by atoms with Crippen LogP contribution in [0, 0.1) is 20.8 Å².